The fourth-order valence-electron chi connectivity index (χ4n) is 2.36. The summed E-state index contributed by atoms with van der Waals surface area (Å²) in [5.74, 6) is 0.498. The fraction of sp³-hybridized carbons (Fsp3) is 0.571. The Morgan fingerprint density at radius 3 is 2.22 bits per heavy atom. The van der Waals surface area contributed by atoms with Crippen LogP contribution in [0.5, 0.6) is 5.75 Å². The van der Waals surface area contributed by atoms with E-state index < -0.39 is 20.0 Å². The minimum absolute atomic E-state index is 0.159. The van der Waals surface area contributed by atoms with Crippen LogP contribution in [0.15, 0.2) is 29.2 Å². The van der Waals surface area contributed by atoms with Crippen LogP contribution in [-0.2, 0) is 20.0 Å². The molecule has 0 saturated carbocycles. The Balaban J connectivity index is 1.93. The molecule has 0 amide bonds. The van der Waals surface area contributed by atoms with Crippen molar-refractivity contribution in [3.63, 3.8) is 0 Å². The highest BCUT2D eigenvalue weighted by Gasteiger charge is 2.25. The summed E-state index contributed by atoms with van der Waals surface area (Å²) in [4.78, 5) is 0.251. The Labute approximate surface area is 137 Å². The molecule has 1 saturated heterocycles. The van der Waals surface area contributed by atoms with Gasteiger partial charge in [-0.15, -0.1) is 0 Å². The average molecular weight is 362 g/mol. The van der Waals surface area contributed by atoms with Crippen molar-refractivity contribution in [1.29, 1.82) is 0 Å². The number of hydrogen-bond donors (Lipinski definition) is 1. The van der Waals surface area contributed by atoms with Gasteiger partial charge in [0.2, 0.25) is 20.0 Å². The van der Waals surface area contributed by atoms with E-state index in [0.717, 1.165) is 25.5 Å². The van der Waals surface area contributed by atoms with Crippen molar-refractivity contribution in [3.8, 4) is 5.75 Å². The highest BCUT2D eigenvalue weighted by Crippen LogP contribution is 2.22. The molecule has 0 unspecified atom stereocenters. The lowest BCUT2D eigenvalue weighted by Gasteiger charge is -2.25. The van der Waals surface area contributed by atoms with E-state index in [9.17, 15) is 16.8 Å². The first-order valence-electron chi connectivity index (χ1n) is 7.47. The molecule has 1 fully saturated rings. The minimum Gasteiger partial charge on any atom is -0.492 e. The van der Waals surface area contributed by atoms with Gasteiger partial charge < -0.3 is 4.74 Å². The largest absolute Gasteiger partial charge is 0.492 e. The first-order valence-corrected chi connectivity index (χ1v) is 10.8. The highest BCUT2D eigenvalue weighted by atomic mass is 32.2. The van der Waals surface area contributed by atoms with E-state index in [1.165, 1.54) is 16.4 Å². The molecule has 1 heterocycles. The van der Waals surface area contributed by atoms with Crippen LogP contribution in [0.3, 0.4) is 0 Å². The summed E-state index contributed by atoms with van der Waals surface area (Å²) in [7, 11) is -6.67. The lowest BCUT2D eigenvalue weighted by Crippen LogP contribution is -2.35. The van der Waals surface area contributed by atoms with Crippen molar-refractivity contribution in [2.45, 2.75) is 24.2 Å². The van der Waals surface area contributed by atoms with Crippen LogP contribution in [-0.4, -0.2) is 53.6 Å². The molecule has 130 valence electrons. The van der Waals surface area contributed by atoms with Gasteiger partial charge in [-0.3, -0.25) is 0 Å². The molecule has 0 aromatic heterocycles. The summed E-state index contributed by atoms with van der Waals surface area (Å²) in [6.07, 6.45) is 3.94. The quantitative estimate of drug-likeness (QED) is 0.724. The van der Waals surface area contributed by atoms with Gasteiger partial charge in [-0.25, -0.2) is 21.6 Å². The van der Waals surface area contributed by atoms with Crippen molar-refractivity contribution >= 4 is 20.0 Å². The third kappa shape index (κ3) is 5.45. The number of benzene rings is 1. The highest BCUT2D eigenvalue weighted by molar-refractivity contribution is 7.89. The van der Waals surface area contributed by atoms with E-state index in [1.54, 1.807) is 12.1 Å². The molecule has 23 heavy (non-hydrogen) atoms. The van der Waals surface area contributed by atoms with E-state index in [-0.39, 0.29) is 18.0 Å². The molecule has 1 aliphatic heterocycles. The van der Waals surface area contributed by atoms with Gasteiger partial charge in [0.1, 0.15) is 12.4 Å². The maximum absolute atomic E-state index is 12.5. The van der Waals surface area contributed by atoms with E-state index in [0.29, 0.717) is 18.8 Å². The minimum atomic E-state index is -3.44. The maximum Gasteiger partial charge on any atom is 0.243 e. The van der Waals surface area contributed by atoms with Crippen LogP contribution >= 0.6 is 0 Å². The van der Waals surface area contributed by atoms with Crippen molar-refractivity contribution in [3.05, 3.63) is 24.3 Å². The maximum atomic E-state index is 12.5. The zero-order chi connectivity index (χ0) is 16.9. The van der Waals surface area contributed by atoms with Gasteiger partial charge in [-0.05, 0) is 37.1 Å². The third-order valence-corrected chi connectivity index (χ3v) is 6.15. The van der Waals surface area contributed by atoms with Gasteiger partial charge in [0.05, 0.1) is 11.2 Å². The topological polar surface area (TPSA) is 92.8 Å². The number of rotatable bonds is 7. The van der Waals surface area contributed by atoms with Crippen molar-refractivity contribution in [2.75, 3.05) is 32.5 Å². The molecular weight excluding hydrogens is 340 g/mol. The molecule has 0 spiro atoms. The molecule has 1 aromatic carbocycles. The van der Waals surface area contributed by atoms with E-state index >= 15 is 0 Å². The first kappa shape index (κ1) is 18.2. The fourth-order valence-corrected chi connectivity index (χ4v) is 4.33. The molecule has 9 heteroatoms. The SMILES string of the molecule is CS(=O)(=O)NCCOc1ccc(S(=O)(=O)N2CCCCC2)cc1. The Morgan fingerprint density at radius 1 is 1.04 bits per heavy atom. The summed E-state index contributed by atoms with van der Waals surface area (Å²) in [5.41, 5.74) is 0. The molecule has 0 bridgehead atoms. The Bertz CT molecular complexity index is 708. The summed E-state index contributed by atoms with van der Waals surface area (Å²) < 4.78 is 56.0. The van der Waals surface area contributed by atoms with Crippen molar-refractivity contribution in [2.24, 2.45) is 0 Å². The predicted octanol–water partition coefficient (Wildman–Crippen LogP) is 0.789. The Morgan fingerprint density at radius 2 is 1.65 bits per heavy atom. The summed E-state index contributed by atoms with van der Waals surface area (Å²) in [6.45, 7) is 1.47. The summed E-state index contributed by atoms with van der Waals surface area (Å²) in [5, 5.41) is 0. The van der Waals surface area contributed by atoms with Crippen LogP contribution in [0.4, 0.5) is 0 Å². The number of nitrogens with zero attached hydrogens (tertiary/aromatic N) is 1. The van der Waals surface area contributed by atoms with Gasteiger partial charge >= 0.3 is 0 Å². The van der Waals surface area contributed by atoms with Gasteiger partial charge in [-0.1, -0.05) is 6.42 Å². The van der Waals surface area contributed by atoms with Gasteiger partial charge in [0.15, 0.2) is 0 Å². The van der Waals surface area contributed by atoms with Crippen LogP contribution < -0.4 is 9.46 Å². The van der Waals surface area contributed by atoms with Crippen LogP contribution in [0.2, 0.25) is 0 Å². The zero-order valence-electron chi connectivity index (χ0n) is 13.1. The van der Waals surface area contributed by atoms with Crippen molar-refractivity contribution in [1.82, 2.24) is 9.03 Å². The lowest BCUT2D eigenvalue weighted by atomic mass is 10.2. The van der Waals surface area contributed by atoms with Crippen molar-refractivity contribution < 1.29 is 21.6 Å². The second kappa shape index (κ2) is 7.61. The van der Waals surface area contributed by atoms with E-state index in [2.05, 4.69) is 4.72 Å². The molecule has 0 aliphatic carbocycles. The number of piperidine rings is 1. The summed E-state index contributed by atoms with van der Waals surface area (Å²) in [6, 6.07) is 6.20. The van der Waals surface area contributed by atoms with Crippen LogP contribution in [0, 0.1) is 0 Å². The van der Waals surface area contributed by atoms with Crippen LogP contribution in [0.1, 0.15) is 19.3 Å². The molecule has 1 N–H and O–H groups in total. The second-order valence-corrected chi connectivity index (χ2v) is 9.22. The van der Waals surface area contributed by atoms with E-state index in [1.807, 2.05) is 0 Å². The molecule has 0 atom stereocenters. The predicted molar refractivity (Wildman–Crippen MR) is 87.4 cm³/mol. The number of sulfonamides is 2. The molecular formula is C14H22N2O5S2. The third-order valence-electron chi connectivity index (χ3n) is 3.51. The smallest absolute Gasteiger partial charge is 0.243 e. The monoisotopic (exact) mass is 362 g/mol. The van der Waals surface area contributed by atoms with Gasteiger partial charge in [-0.2, -0.15) is 4.31 Å². The molecule has 7 nitrogen and oxygen atoms in total. The standard InChI is InChI=1S/C14H22N2O5S2/c1-22(17,18)15-9-12-21-13-5-7-14(8-6-13)23(19,20)16-10-3-2-4-11-16/h5-8,15H,2-4,9-12H2,1H3. The second-order valence-electron chi connectivity index (χ2n) is 5.45. The number of hydrogen-bond acceptors (Lipinski definition) is 5. The Hall–Kier alpha value is -1.16. The number of nitrogens with one attached hydrogen (secondary N) is 1. The Kier molecular flexibility index (Phi) is 6.01. The zero-order valence-corrected chi connectivity index (χ0v) is 14.7. The van der Waals surface area contributed by atoms with Gasteiger partial charge in [0, 0.05) is 19.6 Å². The average Bonchev–Trinajstić information content (AvgIpc) is 2.52. The lowest BCUT2D eigenvalue weighted by molar-refractivity contribution is 0.322. The van der Waals surface area contributed by atoms with E-state index in [4.69, 9.17) is 4.74 Å². The molecule has 1 aromatic rings. The number of ether oxygens (including phenoxy) is 1. The van der Waals surface area contributed by atoms with Gasteiger partial charge in [0.25, 0.3) is 0 Å². The summed E-state index contributed by atoms with van der Waals surface area (Å²) >= 11 is 0. The molecule has 0 radical (unpaired) electrons. The van der Waals surface area contributed by atoms with Crippen LogP contribution in [0.25, 0.3) is 0 Å². The first-order chi connectivity index (χ1) is 10.8. The molecule has 1 aliphatic rings. The molecule has 2 rings (SSSR count). The normalized spacial score (nSPS) is 17.1.